The van der Waals surface area contributed by atoms with Gasteiger partial charge in [-0.25, -0.2) is 4.79 Å². The second-order valence-electron chi connectivity index (χ2n) is 16.8. The van der Waals surface area contributed by atoms with E-state index in [9.17, 15) is 9.59 Å². The van der Waals surface area contributed by atoms with E-state index in [0.29, 0.717) is 183 Å². The molecule has 0 spiro atoms. The van der Waals surface area contributed by atoms with Crippen LogP contribution in [-0.2, 0) is 63.4 Å². The molecule has 2 amide bonds. The molecule has 0 fully saturated rings. The van der Waals surface area contributed by atoms with Gasteiger partial charge in [0.25, 0.3) is 5.91 Å². The van der Waals surface area contributed by atoms with Crippen LogP contribution in [-0.4, -0.2) is 188 Å². The zero-order chi connectivity index (χ0) is 51.5. The third-order valence-electron chi connectivity index (χ3n) is 11.4. The van der Waals surface area contributed by atoms with Crippen molar-refractivity contribution in [1.82, 2.24) is 10.6 Å². The van der Waals surface area contributed by atoms with Crippen LogP contribution in [0.15, 0.2) is 84.9 Å². The molecule has 0 radical (unpaired) electrons. The molecular formula is C55H83N3O15. The fourth-order valence-electron chi connectivity index (χ4n) is 7.78. The summed E-state index contributed by atoms with van der Waals surface area (Å²) in [5.74, 6) is -0.0571. The molecule has 5 N–H and O–H groups in total. The SMILES string of the molecule is NCCOCCOCCOCCOCCOCCOCCOCCOCCOCCOCCOCCNC(=O)c1ccccc1.O=C(O)NCC1c2ccccc2-c2c(CO[C@@H]3CC/C=C/CCC3)cccc21. The molecule has 0 bridgehead atoms. The maximum atomic E-state index is 11.9. The van der Waals surface area contributed by atoms with Crippen LogP contribution in [0.3, 0.4) is 0 Å². The second-order valence-corrected chi connectivity index (χ2v) is 16.8. The molecule has 0 aromatic heterocycles. The van der Waals surface area contributed by atoms with Gasteiger partial charge in [-0.05, 0) is 72.1 Å². The Labute approximate surface area is 432 Å². The number of carbonyl (C=O) groups excluding carboxylic acids is 1. The number of hydrogen-bond donors (Lipinski definition) is 4. The maximum Gasteiger partial charge on any atom is 0.404 e. The van der Waals surface area contributed by atoms with E-state index in [-0.39, 0.29) is 11.8 Å². The highest BCUT2D eigenvalue weighted by atomic mass is 16.6. The summed E-state index contributed by atoms with van der Waals surface area (Å²) in [6, 6.07) is 23.7. The molecule has 73 heavy (non-hydrogen) atoms. The van der Waals surface area contributed by atoms with E-state index in [0.717, 1.165) is 25.7 Å². The molecule has 3 aromatic rings. The van der Waals surface area contributed by atoms with Crippen molar-refractivity contribution in [3.8, 4) is 11.1 Å². The summed E-state index contributed by atoms with van der Waals surface area (Å²) >= 11 is 0. The molecule has 2 aliphatic rings. The third kappa shape index (κ3) is 28.2. The van der Waals surface area contributed by atoms with Crippen molar-refractivity contribution in [1.29, 1.82) is 0 Å². The Morgan fingerprint density at radius 1 is 0.507 bits per heavy atom. The lowest BCUT2D eigenvalue weighted by atomic mass is 9.96. The fraction of sp³-hybridized carbons (Fsp3) is 0.600. The Hall–Kier alpha value is -4.38. The van der Waals surface area contributed by atoms with Crippen LogP contribution in [0, 0.1) is 0 Å². The van der Waals surface area contributed by atoms with Crippen molar-refractivity contribution in [2.24, 2.45) is 5.73 Å². The van der Waals surface area contributed by atoms with Crippen molar-refractivity contribution in [2.75, 3.05) is 165 Å². The molecule has 0 aliphatic heterocycles. The number of carbonyl (C=O) groups is 2. The van der Waals surface area contributed by atoms with Crippen molar-refractivity contribution in [2.45, 2.75) is 50.7 Å². The van der Waals surface area contributed by atoms with E-state index < -0.39 is 6.09 Å². The Bertz CT molecular complexity index is 1880. The van der Waals surface area contributed by atoms with Gasteiger partial charge in [0.2, 0.25) is 0 Å². The molecule has 2 atom stereocenters. The van der Waals surface area contributed by atoms with Crippen molar-refractivity contribution in [3.05, 3.63) is 107 Å². The summed E-state index contributed by atoms with van der Waals surface area (Å²) in [4.78, 5) is 22.9. The number of benzene rings is 3. The van der Waals surface area contributed by atoms with E-state index in [1.165, 1.54) is 34.2 Å². The first-order chi connectivity index (χ1) is 36.1. The highest BCUT2D eigenvalue weighted by Crippen LogP contribution is 2.46. The normalized spacial score (nSPS) is 15.4. The summed E-state index contributed by atoms with van der Waals surface area (Å²) in [5, 5.41) is 14.4. The molecular weight excluding hydrogens is 943 g/mol. The molecule has 0 heterocycles. The second kappa shape index (κ2) is 41.9. The Morgan fingerprint density at radius 3 is 1.49 bits per heavy atom. The van der Waals surface area contributed by atoms with Crippen LogP contribution in [0.1, 0.15) is 65.1 Å². The van der Waals surface area contributed by atoms with Gasteiger partial charge in [0.15, 0.2) is 0 Å². The van der Waals surface area contributed by atoms with Crippen LogP contribution in [0.2, 0.25) is 0 Å². The number of allylic oxidation sites excluding steroid dienone is 2. The summed E-state index contributed by atoms with van der Waals surface area (Å²) in [6.45, 7) is 13.0. The molecule has 18 heteroatoms. The van der Waals surface area contributed by atoms with Gasteiger partial charge in [0.1, 0.15) is 0 Å². The van der Waals surface area contributed by atoms with Crippen LogP contribution in [0.4, 0.5) is 4.79 Å². The molecule has 2 aliphatic carbocycles. The Kier molecular flexibility index (Phi) is 35.1. The first-order valence-electron chi connectivity index (χ1n) is 25.9. The average molecular weight is 1030 g/mol. The summed E-state index contributed by atoms with van der Waals surface area (Å²) < 4.78 is 66.0. The predicted octanol–water partition coefficient (Wildman–Crippen LogP) is 6.03. The number of amides is 2. The van der Waals surface area contributed by atoms with Gasteiger partial charge in [-0.1, -0.05) is 72.8 Å². The summed E-state index contributed by atoms with van der Waals surface area (Å²) in [6.07, 6.45) is 9.48. The lowest BCUT2D eigenvalue weighted by Crippen LogP contribution is -2.27. The number of nitrogens with one attached hydrogen (secondary N) is 2. The lowest BCUT2D eigenvalue weighted by Gasteiger charge is -2.20. The quantitative estimate of drug-likeness (QED) is 0.0377. The molecule has 1 unspecified atom stereocenters. The van der Waals surface area contributed by atoms with Crippen LogP contribution >= 0.6 is 0 Å². The summed E-state index contributed by atoms with van der Waals surface area (Å²) in [5.41, 5.74) is 12.0. The highest BCUT2D eigenvalue weighted by molar-refractivity contribution is 5.94. The van der Waals surface area contributed by atoms with Crippen LogP contribution < -0.4 is 16.4 Å². The summed E-state index contributed by atoms with van der Waals surface area (Å²) in [7, 11) is 0. The van der Waals surface area contributed by atoms with E-state index in [4.69, 9.17) is 67.7 Å². The molecule has 18 nitrogen and oxygen atoms in total. The first-order valence-corrected chi connectivity index (χ1v) is 25.9. The zero-order valence-corrected chi connectivity index (χ0v) is 42.9. The van der Waals surface area contributed by atoms with Gasteiger partial charge < -0.3 is 78.3 Å². The highest BCUT2D eigenvalue weighted by Gasteiger charge is 2.30. The van der Waals surface area contributed by atoms with Gasteiger partial charge in [-0.2, -0.15) is 0 Å². The van der Waals surface area contributed by atoms with Crippen molar-refractivity contribution >= 4 is 12.0 Å². The number of nitrogens with two attached hydrogens (primary N) is 1. The van der Waals surface area contributed by atoms with Crippen LogP contribution in [0.25, 0.3) is 11.1 Å². The molecule has 408 valence electrons. The predicted molar refractivity (Wildman–Crippen MR) is 277 cm³/mol. The van der Waals surface area contributed by atoms with E-state index in [2.05, 4.69) is 53.1 Å². The standard InChI is InChI=1S/C31H56N2O12.C24H27NO3/c32-6-8-35-10-12-37-14-16-39-18-20-41-22-24-43-26-28-45-29-27-44-25-23-42-21-19-40-17-15-38-13-11-36-9-7-33-31(34)30-4-2-1-3-5-30;26-24(27)25-15-22-19-12-6-7-13-20(19)23-17(9-8-14-21(22)23)16-28-18-10-4-2-1-3-5-11-18/h1-5H,6-29,32H2,(H,33,34);1-2,6-9,12-14,18,22,25H,3-5,10-11,15-16H2,(H,26,27)/b;2-1+/t;18-,22?/m.1/s1. The van der Waals surface area contributed by atoms with Crippen molar-refractivity contribution in [3.63, 3.8) is 0 Å². The zero-order valence-electron chi connectivity index (χ0n) is 42.9. The number of hydrogen-bond acceptors (Lipinski definition) is 15. The first kappa shape index (κ1) is 61.2. The van der Waals surface area contributed by atoms with E-state index in [1.54, 1.807) is 12.1 Å². The van der Waals surface area contributed by atoms with Crippen molar-refractivity contribution < 1.29 is 71.5 Å². The minimum absolute atomic E-state index is 0.0498. The fourth-order valence-corrected chi connectivity index (χ4v) is 7.78. The topological polar surface area (TPSA) is 215 Å². The van der Waals surface area contributed by atoms with Crippen LogP contribution in [0.5, 0.6) is 0 Å². The largest absolute Gasteiger partial charge is 0.465 e. The minimum atomic E-state index is -0.983. The van der Waals surface area contributed by atoms with E-state index in [1.807, 2.05) is 30.3 Å². The van der Waals surface area contributed by atoms with Gasteiger partial charge in [0.05, 0.1) is 158 Å². The molecule has 5 rings (SSSR count). The van der Waals surface area contributed by atoms with Gasteiger partial charge >= 0.3 is 6.09 Å². The third-order valence-corrected chi connectivity index (χ3v) is 11.4. The minimum Gasteiger partial charge on any atom is -0.465 e. The lowest BCUT2D eigenvalue weighted by molar-refractivity contribution is -0.0274. The number of rotatable bonds is 41. The Morgan fingerprint density at radius 2 is 0.973 bits per heavy atom. The number of ether oxygens (including phenoxy) is 12. The van der Waals surface area contributed by atoms with Gasteiger partial charge in [0, 0.05) is 31.1 Å². The molecule has 0 saturated heterocycles. The maximum absolute atomic E-state index is 11.9. The Balaban J connectivity index is 0.000000349. The van der Waals surface area contributed by atoms with E-state index >= 15 is 0 Å². The smallest absolute Gasteiger partial charge is 0.404 e. The molecule has 0 saturated carbocycles. The number of carboxylic acid groups (broad SMARTS) is 1. The number of fused-ring (bicyclic) bond motifs is 3. The monoisotopic (exact) mass is 1030 g/mol. The van der Waals surface area contributed by atoms with Gasteiger partial charge in [-0.15, -0.1) is 0 Å². The average Bonchev–Trinajstić information content (AvgIpc) is 3.73. The molecule has 3 aromatic carbocycles. The van der Waals surface area contributed by atoms with Gasteiger partial charge in [-0.3, -0.25) is 4.79 Å².